The van der Waals surface area contributed by atoms with E-state index in [1.165, 1.54) is 0 Å². The number of fused-ring (bicyclic) bond motifs is 1. The van der Waals surface area contributed by atoms with Crippen molar-refractivity contribution in [2.24, 2.45) is 0 Å². The number of nitrogens with one attached hydrogen (secondary N) is 1. The minimum atomic E-state index is -0.0254. The molecule has 1 N–H and O–H groups in total. The first-order valence-corrected chi connectivity index (χ1v) is 8.80. The third-order valence-corrected chi connectivity index (χ3v) is 3.91. The highest BCUT2D eigenvalue weighted by molar-refractivity contribution is 5.75. The monoisotopic (exact) mass is 373 g/mol. The Morgan fingerprint density at radius 1 is 0.963 bits per heavy atom. The van der Waals surface area contributed by atoms with E-state index < -0.39 is 0 Å². The van der Waals surface area contributed by atoms with Gasteiger partial charge in [0.15, 0.2) is 11.5 Å². The van der Waals surface area contributed by atoms with Gasteiger partial charge in [-0.25, -0.2) is 0 Å². The molecule has 0 radical (unpaired) electrons. The van der Waals surface area contributed by atoms with Crippen LogP contribution in [-0.2, 0) is 4.79 Å². The van der Waals surface area contributed by atoms with E-state index in [-0.39, 0.29) is 12.7 Å². The summed E-state index contributed by atoms with van der Waals surface area (Å²) < 4.78 is 26.8. The Hall–Kier alpha value is -3.09. The Kier molecular flexibility index (Phi) is 6.62. The maximum atomic E-state index is 11.8. The zero-order valence-electron chi connectivity index (χ0n) is 15.2. The predicted octanol–water partition coefficient (Wildman–Crippen LogP) is 2.78. The van der Waals surface area contributed by atoms with Crippen molar-refractivity contribution in [3.8, 4) is 28.7 Å². The van der Waals surface area contributed by atoms with Gasteiger partial charge < -0.3 is 29.0 Å². The molecule has 1 aliphatic heterocycles. The molecule has 1 heterocycles. The molecule has 0 fully saturated rings. The summed E-state index contributed by atoms with van der Waals surface area (Å²) in [5.41, 5.74) is 0. The van der Waals surface area contributed by atoms with Gasteiger partial charge in [-0.3, -0.25) is 4.79 Å². The van der Waals surface area contributed by atoms with Gasteiger partial charge >= 0.3 is 0 Å². The van der Waals surface area contributed by atoms with Crippen LogP contribution in [0.3, 0.4) is 0 Å². The van der Waals surface area contributed by atoms with Crippen LogP contribution in [0.4, 0.5) is 0 Å². The molecular weight excluding hydrogens is 350 g/mol. The van der Waals surface area contributed by atoms with Gasteiger partial charge in [0.1, 0.15) is 23.9 Å². The zero-order chi connectivity index (χ0) is 18.9. The molecule has 0 saturated carbocycles. The molecule has 7 heteroatoms. The number of benzene rings is 2. The third-order valence-electron chi connectivity index (χ3n) is 3.91. The molecule has 1 amide bonds. The summed E-state index contributed by atoms with van der Waals surface area (Å²) in [5, 5.41) is 2.83. The van der Waals surface area contributed by atoms with Crippen LogP contribution in [0.15, 0.2) is 42.5 Å². The maximum absolute atomic E-state index is 11.8. The van der Waals surface area contributed by atoms with Crippen molar-refractivity contribution >= 4 is 5.91 Å². The molecule has 0 saturated heterocycles. The number of carbonyl (C=O) groups is 1. The Labute approximate surface area is 158 Å². The van der Waals surface area contributed by atoms with Crippen LogP contribution in [0.5, 0.6) is 28.7 Å². The second kappa shape index (κ2) is 9.56. The van der Waals surface area contributed by atoms with E-state index in [2.05, 4.69) is 5.32 Å². The van der Waals surface area contributed by atoms with Crippen LogP contribution in [-0.4, -0.2) is 39.6 Å². The number of rotatable bonds is 10. The topological polar surface area (TPSA) is 75.3 Å². The lowest BCUT2D eigenvalue weighted by molar-refractivity contribution is -0.121. The van der Waals surface area contributed by atoms with Gasteiger partial charge in [-0.05, 0) is 42.8 Å². The molecule has 0 unspecified atom stereocenters. The van der Waals surface area contributed by atoms with E-state index in [1.807, 2.05) is 30.3 Å². The van der Waals surface area contributed by atoms with Crippen molar-refractivity contribution in [3.63, 3.8) is 0 Å². The zero-order valence-corrected chi connectivity index (χ0v) is 15.2. The average molecular weight is 373 g/mol. The van der Waals surface area contributed by atoms with Gasteiger partial charge in [0.2, 0.25) is 12.7 Å². The van der Waals surface area contributed by atoms with Crippen molar-refractivity contribution in [1.29, 1.82) is 0 Å². The molecule has 0 aromatic heterocycles. The van der Waals surface area contributed by atoms with Crippen molar-refractivity contribution in [2.45, 2.75) is 12.8 Å². The standard InChI is InChI=1S/C20H23NO6/c1-23-15-4-6-16(7-5-15)24-11-2-3-20(22)21-10-12-25-17-8-9-18-19(13-17)27-14-26-18/h4-9,13H,2-3,10-12,14H2,1H3,(H,21,22). The molecule has 0 bridgehead atoms. The van der Waals surface area contributed by atoms with Crippen LogP contribution in [0.2, 0.25) is 0 Å². The number of hydrogen-bond donors (Lipinski definition) is 1. The Morgan fingerprint density at radius 3 is 2.48 bits per heavy atom. The lowest BCUT2D eigenvalue weighted by Crippen LogP contribution is -2.28. The molecular formula is C20H23NO6. The van der Waals surface area contributed by atoms with Crippen molar-refractivity contribution < 1.29 is 28.5 Å². The van der Waals surface area contributed by atoms with Gasteiger partial charge in [0.05, 0.1) is 20.3 Å². The normalized spacial score (nSPS) is 11.7. The Bertz CT molecular complexity index is 747. The van der Waals surface area contributed by atoms with Crippen LogP contribution in [0.25, 0.3) is 0 Å². The highest BCUT2D eigenvalue weighted by atomic mass is 16.7. The van der Waals surface area contributed by atoms with E-state index in [0.29, 0.717) is 49.8 Å². The first kappa shape index (κ1) is 18.7. The predicted molar refractivity (Wildman–Crippen MR) is 98.8 cm³/mol. The fraction of sp³-hybridized carbons (Fsp3) is 0.350. The number of carbonyl (C=O) groups excluding carboxylic acids is 1. The molecule has 7 nitrogen and oxygen atoms in total. The SMILES string of the molecule is COc1ccc(OCCCC(=O)NCCOc2ccc3c(c2)OCO3)cc1. The summed E-state index contributed by atoms with van der Waals surface area (Å²) in [6, 6.07) is 12.7. The summed E-state index contributed by atoms with van der Waals surface area (Å²) >= 11 is 0. The summed E-state index contributed by atoms with van der Waals surface area (Å²) in [6.07, 6.45) is 1.04. The minimum absolute atomic E-state index is 0.0254. The number of methoxy groups -OCH3 is 1. The Morgan fingerprint density at radius 2 is 1.67 bits per heavy atom. The third kappa shape index (κ3) is 5.70. The lowest BCUT2D eigenvalue weighted by Gasteiger charge is -2.09. The summed E-state index contributed by atoms with van der Waals surface area (Å²) in [5.74, 6) is 3.59. The van der Waals surface area contributed by atoms with Crippen molar-refractivity contribution in [3.05, 3.63) is 42.5 Å². The summed E-state index contributed by atoms with van der Waals surface area (Å²) in [6.45, 7) is 1.53. The molecule has 0 atom stereocenters. The van der Waals surface area contributed by atoms with Gasteiger partial charge in [-0.1, -0.05) is 0 Å². The second-order valence-electron chi connectivity index (χ2n) is 5.84. The van der Waals surface area contributed by atoms with Gasteiger partial charge in [-0.15, -0.1) is 0 Å². The van der Waals surface area contributed by atoms with Crippen LogP contribution >= 0.6 is 0 Å². The van der Waals surface area contributed by atoms with Gasteiger partial charge in [-0.2, -0.15) is 0 Å². The summed E-state index contributed by atoms with van der Waals surface area (Å²) in [7, 11) is 1.62. The maximum Gasteiger partial charge on any atom is 0.231 e. The average Bonchev–Trinajstić information content (AvgIpc) is 3.17. The van der Waals surface area contributed by atoms with Crippen molar-refractivity contribution in [2.75, 3.05) is 33.7 Å². The summed E-state index contributed by atoms with van der Waals surface area (Å²) in [4.78, 5) is 11.8. The van der Waals surface area contributed by atoms with E-state index in [9.17, 15) is 4.79 Å². The molecule has 1 aliphatic rings. The molecule has 144 valence electrons. The molecule has 0 spiro atoms. The number of amides is 1. The highest BCUT2D eigenvalue weighted by Crippen LogP contribution is 2.34. The van der Waals surface area contributed by atoms with E-state index in [1.54, 1.807) is 19.2 Å². The van der Waals surface area contributed by atoms with Gasteiger partial charge in [0.25, 0.3) is 0 Å². The van der Waals surface area contributed by atoms with E-state index in [4.69, 9.17) is 23.7 Å². The fourth-order valence-corrected chi connectivity index (χ4v) is 2.51. The Balaban J connectivity index is 1.25. The fourth-order valence-electron chi connectivity index (χ4n) is 2.51. The first-order chi connectivity index (χ1) is 13.2. The second-order valence-corrected chi connectivity index (χ2v) is 5.84. The molecule has 2 aromatic rings. The van der Waals surface area contributed by atoms with Crippen molar-refractivity contribution in [1.82, 2.24) is 5.32 Å². The molecule has 0 aliphatic carbocycles. The number of hydrogen-bond acceptors (Lipinski definition) is 6. The molecule has 3 rings (SSSR count). The minimum Gasteiger partial charge on any atom is -0.497 e. The number of ether oxygens (including phenoxy) is 5. The first-order valence-electron chi connectivity index (χ1n) is 8.80. The van der Waals surface area contributed by atoms with Crippen LogP contribution < -0.4 is 29.0 Å². The van der Waals surface area contributed by atoms with Crippen LogP contribution in [0, 0.1) is 0 Å². The largest absolute Gasteiger partial charge is 0.497 e. The lowest BCUT2D eigenvalue weighted by atomic mass is 10.3. The van der Waals surface area contributed by atoms with Gasteiger partial charge in [0, 0.05) is 12.5 Å². The highest BCUT2D eigenvalue weighted by Gasteiger charge is 2.13. The quantitative estimate of drug-likeness (QED) is 0.646. The van der Waals surface area contributed by atoms with E-state index in [0.717, 1.165) is 11.5 Å². The van der Waals surface area contributed by atoms with E-state index >= 15 is 0 Å². The smallest absolute Gasteiger partial charge is 0.231 e. The molecule has 2 aromatic carbocycles. The molecule has 27 heavy (non-hydrogen) atoms. The van der Waals surface area contributed by atoms with Crippen LogP contribution in [0.1, 0.15) is 12.8 Å².